The first kappa shape index (κ1) is 17.0. The average Bonchev–Trinajstić information content (AvgIpc) is 2.62. The molecule has 2 rings (SSSR count). The lowest BCUT2D eigenvalue weighted by molar-refractivity contribution is -0.129. The number of carbonyl (C=O) groups excluding carboxylic acids is 2. The van der Waals surface area contributed by atoms with Gasteiger partial charge in [-0.2, -0.15) is 0 Å². The van der Waals surface area contributed by atoms with Crippen LogP contribution in [0, 0.1) is 0 Å². The van der Waals surface area contributed by atoms with Crippen molar-refractivity contribution in [1.29, 1.82) is 0 Å². The Labute approximate surface area is 139 Å². The molecule has 122 valence electrons. The molecule has 0 spiro atoms. The predicted molar refractivity (Wildman–Crippen MR) is 88.9 cm³/mol. The van der Waals surface area contributed by atoms with E-state index >= 15 is 0 Å². The van der Waals surface area contributed by atoms with Crippen LogP contribution in [0.1, 0.15) is 5.56 Å². The predicted octanol–water partition coefficient (Wildman–Crippen LogP) is 3.45. The summed E-state index contributed by atoms with van der Waals surface area (Å²) in [5, 5.41) is 0. The second-order valence-corrected chi connectivity index (χ2v) is 4.65. The molecular weight excluding hydrogens is 308 g/mol. The minimum atomic E-state index is -0.513. The Kier molecular flexibility index (Phi) is 5.91. The minimum absolute atomic E-state index is 0.349. The van der Waals surface area contributed by atoms with Gasteiger partial charge in [0.25, 0.3) is 0 Å². The Morgan fingerprint density at radius 2 is 1.17 bits per heavy atom. The van der Waals surface area contributed by atoms with Crippen LogP contribution in [0.3, 0.4) is 0 Å². The van der Waals surface area contributed by atoms with E-state index in [1.807, 2.05) is 0 Å². The van der Waals surface area contributed by atoms with Crippen LogP contribution in [-0.4, -0.2) is 11.9 Å². The van der Waals surface area contributed by atoms with Crippen LogP contribution in [0.5, 0.6) is 17.2 Å². The molecule has 0 heterocycles. The quantitative estimate of drug-likeness (QED) is 0.443. The van der Waals surface area contributed by atoms with Crippen LogP contribution >= 0.6 is 0 Å². The SMILES string of the molecule is C=CC(=O)Oc1ccc(COc2ccc(OC(=O)C=C)cc2)cc1. The first-order chi connectivity index (χ1) is 11.6. The molecule has 0 amide bonds. The van der Waals surface area contributed by atoms with E-state index < -0.39 is 11.9 Å². The van der Waals surface area contributed by atoms with Crippen LogP contribution < -0.4 is 14.2 Å². The van der Waals surface area contributed by atoms with Gasteiger partial charge in [0.1, 0.15) is 23.9 Å². The molecular formula is C19H16O5. The third-order valence-electron chi connectivity index (χ3n) is 2.92. The van der Waals surface area contributed by atoms with E-state index in [1.54, 1.807) is 48.5 Å². The summed E-state index contributed by atoms with van der Waals surface area (Å²) in [5.74, 6) is 0.477. The molecule has 0 saturated heterocycles. The molecule has 0 saturated carbocycles. The van der Waals surface area contributed by atoms with E-state index in [-0.39, 0.29) is 0 Å². The van der Waals surface area contributed by atoms with Crippen molar-refractivity contribution in [2.24, 2.45) is 0 Å². The van der Waals surface area contributed by atoms with Gasteiger partial charge < -0.3 is 14.2 Å². The van der Waals surface area contributed by atoms with Gasteiger partial charge >= 0.3 is 11.9 Å². The van der Waals surface area contributed by atoms with E-state index in [1.165, 1.54) is 0 Å². The maximum absolute atomic E-state index is 11.1. The number of ether oxygens (including phenoxy) is 3. The number of hydrogen-bond acceptors (Lipinski definition) is 5. The van der Waals surface area contributed by atoms with Gasteiger partial charge in [-0.1, -0.05) is 25.3 Å². The van der Waals surface area contributed by atoms with Crippen molar-refractivity contribution in [3.8, 4) is 17.2 Å². The number of rotatable bonds is 7. The smallest absolute Gasteiger partial charge is 0.335 e. The number of hydrogen-bond donors (Lipinski definition) is 0. The summed E-state index contributed by atoms with van der Waals surface area (Å²) in [6.07, 6.45) is 2.20. The summed E-state index contributed by atoms with van der Waals surface area (Å²) in [5.41, 5.74) is 0.913. The fourth-order valence-electron chi connectivity index (χ4n) is 1.74. The normalized spacial score (nSPS) is 9.67. The van der Waals surface area contributed by atoms with E-state index in [9.17, 15) is 9.59 Å². The lowest BCUT2D eigenvalue weighted by Gasteiger charge is -2.08. The lowest BCUT2D eigenvalue weighted by Crippen LogP contribution is -2.03. The zero-order chi connectivity index (χ0) is 17.4. The standard InChI is InChI=1S/C19H16O5/c1-3-18(20)23-16-7-5-14(6-8-16)13-22-15-9-11-17(12-10-15)24-19(21)4-2/h3-12H,1-2,13H2. The van der Waals surface area contributed by atoms with Gasteiger partial charge in [0.2, 0.25) is 0 Å². The van der Waals surface area contributed by atoms with Crippen LogP contribution in [0.2, 0.25) is 0 Å². The molecule has 5 heteroatoms. The fourth-order valence-corrected chi connectivity index (χ4v) is 1.74. The second-order valence-electron chi connectivity index (χ2n) is 4.65. The topological polar surface area (TPSA) is 61.8 Å². The van der Waals surface area contributed by atoms with Crippen molar-refractivity contribution < 1.29 is 23.8 Å². The van der Waals surface area contributed by atoms with Crippen molar-refractivity contribution in [2.45, 2.75) is 6.61 Å². The molecule has 0 N–H and O–H groups in total. The van der Waals surface area contributed by atoms with Gasteiger partial charge in [-0.25, -0.2) is 9.59 Å². The minimum Gasteiger partial charge on any atom is -0.489 e. The maximum atomic E-state index is 11.1. The Balaban J connectivity index is 1.88. The highest BCUT2D eigenvalue weighted by Crippen LogP contribution is 2.19. The number of esters is 2. The molecule has 5 nitrogen and oxygen atoms in total. The van der Waals surface area contributed by atoms with Crippen molar-refractivity contribution in [3.63, 3.8) is 0 Å². The van der Waals surface area contributed by atoms with Crippen LogP contribution in [0.4, 0.5) is 0 Å². The van der Waals surface area contributed by atoms with Gasteiger partial charge in [-0.3, -0.25) is 0 Å². The summed E-state index contributed by atoms with van der Waals surface area (Å²) in [7, 11) is 0. The molecule has 2 aromatic rings. The highest BCUT2D eigenvalue weighted by molar-refractivity contribution is 5.83. The fraction of sp³-hybridized carbons (Fsp3) is 0.0526. The van der Waals surface area contributed by atoms with Gasteiger partial charge in [0.15, 0.2) is 0 Å². The Bertz CT molecular complexity index is 664. The molecule has 0 aliphatic heterocycles. The highest BCUT2D eigenvalue weighted by atomic mass is 16.5. The highest BCUT2D eigenvalue weighted by Gasteiger charge is 2.02. The Morgan fingerprint density at radius 3 is 1.62 bits per heavy atom. The lowest BCUT2D eigenvalue weighted by atomic mass is 10.2. The Hall–Kier alpha value is -3.34. The summed E-state index contributed by atoms with van der Waals surface area (Å²) >= 11 is 0. The maximum Gasteiger partial charge on any atom is 0.335 e. The van der Waals surface area contributed by atoms with Crippen molar-refractivity contribution >= 4 is 11.9 Å². The number of benzene rings is 2. The molecule has 0 atom stereocenters. The van der Waals surface area contributed by atoms with Crippen LogP contribution in [-0.2, 0) is 16.2 Å². The molecule has 0 bridgehead atoms. The summed E-state index contributed by atoms with van der Waals surface area (Å²) in [6, 6.07) is 13.6. The van der Waals surface area contributed by atoms with E-state index in [4.69, 9.17) is 14.2 Å². The van der Waals surface area contributed by atoms with E-state index in [0.717, 1.165) is 17.7 Å². The molecule has 0 unspecified atom stereocenters. The molecule has 2 aromatic carbocycles. The first-order valence-electron chi connectivity index (χ1n) is 7.11. The average molecular weight is 324 g/mol. The monoisotopic (exact) mass is 324 g/mol. The zero-order valence-corrected chi connectivity index (χ0v) is 12.9. The van der Waals surface area contributed by atoms with Gasteiger partial charge in [0, 0.05) is 12.2 Å². The first-order valence-corrected chi connectivity index (χ1v) is 7.11. The largest absolute Gasteiger partial charge is 0.489 e. The van der Waals surface area contributed by atoms with Crippen LogP contribution in [0.25, 0.3) is 0 Å². The Morgan fingerprint density at radius 1 is 0.750 bits per heavy atom. The molecule has 0 aliphatic carbocycles. The van der Waals surface area contributed by atoms with E-state index in [2.05, 4.69) is 13.2 Å². The van der Waals surface area contributed by atoms with Crippen molar-refractivity contribution in [1.82, 2.24) is 0 Å². The van der Waals surface area contributed by atoms with Crippen molar-refractivity contribution in [2.75, 3.05) is 0 Å². The molecule has 0 radical (unpaired) electrons. The van der Waals surface area contributed by atoms with Gasteiger partial charge in [-0.15, -0.1) is 0 Å². The summed E-state index contributed by atoms with van der Waals surface area (Å²) in [4.78, 5) is 22.2. The van der Waals surface area contributed by atoms with Crippen LogP contribution in [0.15, 0.2) is 73.8 Å². The van der Waals surface area contributed by atoms with Gasteiger partial charge in [-0.05, 0) is 42.0 Å². The van der Waals surface area contributed by atoms with Gasteiger partial charge in [0.05, 0.1) is 0 Å². The summed E-state index contributed by atoms with van der Waals surface area (Å²) in [6.45, 7) is 7.02. The number of carbonyl (C=O) groups is 2. The second kappa shape index (κ2) is 8.33. The third kappa shape index (κ3) is 5.14. The third-order valence-corrected chi connectivity index (χ3v) is 2.92. The molecule has 0 aromatic heterocycles. The zero-order valence-electron chi connectivity index (χ0n) is 12.9. The molecule has 24 heavy (non-hydrogen) atoms. The molecule has 0 fully saturated rings. The van der Waals surface area contributed by atoms with E-state index in [0.29, 0.717) is 23.9 Å². The summed E-state index contributed by atoms with van der Waals surface area (Å²) < 4.78 is 15.6. The molecule has 0 aliphatic rings. The van der Waals surface area contributed by atoms with Crippen molar-refractivity contribution in [3.05, 3.63) is 79.4 Å².